The van der Waals surface area contributed by atoms with Gasteiger partial charge in [0.2, 0.25) is 0 Å². The van der Waals surface area contributed by atoms with E-state index >= 15 is 0 Å². The Bertz CT molecular complexity index is 953. The van der Waals surface area contributed by atoms with Crippen molar-refractivity contribution in [2.45, 2.75) is 23.8 Å². The Hall–Kier alpha value is -1.85. The van der Waals surface area contributed by atoms with Gasteiger partial charge < -0.3 is 4.98 Å². The van der Waals surface area contributed by atoms with Gasteiger partial charge in [-0.2, -0.15) is 0 Å². The minimum atomic E-state index is 1.03. The highest BCUT2D eigenvalue weighted by Crippen LogP contribution is 2.39. The van der Waals surface area contributed by atoms with Crippen molar-refractivity contribution in [1.82, 2.24) is 15.0 Å². The summed E-state index contributed by atoms with van der Waals surface area (Å²) in [6, 6.07) is 8.34. The molecule has 3 nitrogen and oxygen atoms in total. The number of hydrogen-bond acceptors (Lipinski definition) is 4. The number of fused-ring (bicyclic) bond motifs is 2. The zero-order chi connectivity index (χ0) is 14.4. The van der Waals surface area contributed by atoms with E-state index < -0.39 is 0 Å². The van der Waals surface area contributed by atoms with E-state index in [0.717, 1.165) is 15.4 Å². The number of para-hydroxylation sites is 1. The predicted molar refractivity (Wildman–Crippen MR) is 89.3 cm³/mol. The molecule has 0 aliphatic carbocycles. The number of rotatable bonds is 2. The lowest BCUT2D eigenvalue weighted by Gasteiger charge is -2.02. The molecule has 0 saturated heterocycles. The van der Waals surface area contributed by atoms with Crippen molar-refractivity contribution in [1.29, 1.82) is 0 Å². The normalized spacial score (nSPS) is 11.5. The fourth-order valence-corrected chi connectivity index (χ4v) is 4.59. The van der Waals surface area contributed by atoms with Crippen LogP contribution in [0, 0.1) is 13.8 Å². The summed E-state index contributed by atoms with van der Waals surface area (Å²) in [7, 11) is 0. The number of aryl methyl sites for hydroxylation is 2. The van der Waals surface area contributed by atoms with E-state index in [9.17, 15) is 0 Å². The maximum Gasteiger partial charge on any atom is 0.128 e. The van der Waals surface area contributed by atoms with E-state index in [-0.39, 0.29) is 0 Å². The Morgan fingerprint density at radius 1 is 1.14 bits per heavy atom. The minimum Gasteiger partial charge on any atom is -0.360 e. The molecule has 1 N–H and O–H groups in total. The fraction of sp³-hybridized carbons (Fsp3) is 0.125. The number of nitrogens with one attached hydrogen (secondary N) is 1. The number of benzene rings is 1. The second-order valence-electron chi connectivity index (χ2n) is 4.94. The number of thiophene rings is 1. The van der Waals surface area contributed by atoms with Crippen molar-refractivity contribution in [2.75, 3.05) is 0 Å². The maximum atomic E-state index is 4.51. The Labute approximate surface area is 130 Å². The molecule has 4 rings (SSSR count). The van der Waals surface area contributed by atoms with Crippen LogP contribution in [-0.4, -0.2) is 15.0 Å². The summed E-state index contributed by atoms with van der Waals surface area (Å²) in [4.78, 5) is 15.8. The van der Waals surface area contributed by atoms with Gasteiger partial charge in [0, 0.05) is 32.3 Å². The van der Waals surface area contributed by atoms with Crippen molar-refractivity contribution in [3.05, 3.63) is 47.2 Å². The number of aromatic amines is 1. The number of nitrogens with zero attached hydrogens (tertiary/aromatic N) is 2. The molecular formula is C16H13N3S2. The van der Waals surface area contributed by atoms with Gasteiger partial charge >= 0.3 is 0 Å². The third-order valence-corrected chi connectivity index (χ3v) is 5.86. The molecule has 0 atom stereocenters. The first-order chi connectivity index (χ1) is 10.2. The highest BCUT2D eigenvalue weighted by Gasteiger charge is 2.14. The number of H-pyrrole nitrogens is 1. The summed E-state index contributed by atoms with van der Waals surface area (Å²) in [5.41, 5.74) is 2.45. The van der Waals surface area contributed by atoms with Crippen LogP contribution in [0.1, 0.15) is 10.4 Å². The number of aromatic nitrogens is 3. The lowest BCUT2D eigenvalue weighted by atomic mass is 10.2. The molecule has 3 heterocycles. The van der Waals surface area contributed by atoms with Gasteiger partial charge in [-0.05, 0) is 25.5 Å². The lowest BCUT2D eigenvalue weighted by Crippen LogP contribution is -1.84. The SMILES string of the molecule is Cc1sc2ncnc(Sc3c[nH]c4ccccc34)c2c1C. The van der Waals surface area contributed by atoms with Crippen LogP contribution in [0.3, 0.4) is 0 Å². The summed E-state index contributed by atoms with van der Waals surface area (Å²) >= 11 is 3.44. The van der Waals surface area contributed by atoms with Gasteiger partial charge in [0.15, 0.2) is 0 Å². The van der Waals surface area contributed by atoms with E-state index in [1.165, 1.54) is 26.1 Å². The van der Waals surface area contributed by atoms with Gasteiger partial charge in [-0.25, -0.2) is 9.97 Å². The zero-order valence-corrected chi connectivity index (χ0v) is 13.3. The van der Waals surface area contributed by atoms with E-state index in [4.69, 9.17) is 0 Å². The zero-order valence-electron chi connectivity index (χ0n) is 11.7. The molecule has 0 saturated carbocycles. The molecule has 4 aromatic rings. The van der Waals surface area contributed by atoms with Crippen LogP contribution in [0.2, 0.25) is 0 Å². The number of hydrogen-bond donors (Lipinski definition) is 1. The Morgan fingerprint density at radius 2 is 2.00 bits per heavy atom. The fourth-order valence-electron chi connectivity index (χ4n) is 2.46. The van der Waals surface area contributed by atoms with Crippen molar-refractivity contribution in [3.8, 4) is 0 Å². The summed E-state index contributed by atoms with van der Waals surface area (Å²) in [6.45, 7) is 4.29. The second kappa shape index (κ2) is 4.86. The summed E-state index contributed by atoms with van der Waals surface area (Å²) in [6.07, 6.45) is 3.72. The molecule has 0 unspecified atom stereocenters. The molecular weight excluding hydrogens is 298 g/mol. The molecule has 0 fully saturated rings. The topological polar surface area (TPSA) is 41.6 Å². The summed E-state index contributed by atoms with van der Waals surface area (Å²) in [5, 5.41) is 3.46. The average Bonchev–Trinajstić information content (AvgIpc) is 3.02. The lowest BCUT2D eigenvalue weighted by molar-refractivity contribution is 1.10. The smallest absolute Gasteiger partial charge is 0.128 e. The molecule has 0 aliphatic rings. The molecule has 104 valence electrons. The molecule has 0 aliphatic heterocycles. The van der Waals surface area contributed by atoms with Gasteiger partial charge in [0.25, 0.3) is 0 Å². The van der Waals surface area contributed by atoms with E-state index in [2.05, 4.69) is 53.2 Å². The first kappa shape index (κ1) is 12.9. The van der Waals surface area contributed by atoms with Crippen molar-refractivity contribution in [2.24, 2.45) is 0 Å². The van der Waals surface area contributed by atoms with Crippen molar-refractivity contribution >= 4 is 44.2 Å². The van der Waals surface area contributed by atoms with Crippen LogP contribution in [0.25, 0.3) is 21.1 Å². The largest absolute Gasteiger partial charge is 0.360 e. The summed E-state index contributed by atoms with van der Waals surface area (Å²) < 4.78 is 0. The highest BCUT2D eigenvalue weighted by molar-refractivity contribution is 7.99. The first-order valence-corrected chi connectivity index (χ1v) is 8.32. The third kappa shape index (κ3) is 2.04. The molecule has 0 amide bonds. The molecule has 0 bridgehead atoms. The Morgan fingerprint density at radius 3 is 2.90 bits per heavy atom. The van der Waals surface area contributed by atoms with Gasteiger partial charge in [0.05, 0.1) is 0 Å². The van der Waals surface area contributed by atoms with Crippen LogP contribution >= 0.6 is 23.1 Å². The van der Waals surface area contributed by atoms with Crippen LogP contribution in [0.15, 0.2) is 46.7 Å². The van der Waals surface area contributed by atoms with Crippen LogP contribution < -0.4 is 0 Å². The second-order valence-corrected chi connectivity index (χ2v) is 7.18. The van der Waals surface area contributed by atoms with Gasteiger partial charge in [-0.3, -0.25) is 0 Å². The third-order valence-electron chi connectivity index (χ3n) is 3.69. The standard InChI is InChI=1S/C16H13N3S2/c1-9-10(2)20-15-14(9)16(19-8-18-15)21-13-7-17-12-6-4-3-5-11(12)13/h3-8,17H,1-2H3. The van der Waals surface area contributed by atoms with Crippen LogP contribution in [0.4, 0.5) is 0 Å². The molecule has 0 spiro atoms. The first-order valence-electron chi connectivity index (χ1n) is 6.68. The predicted octanol–water partition coefficient (Wildman–Crippen LogP) is 4.94. The molecule has 0 radical (unpaired) electrons. The Kier molecular flexibility index (Phi) is 2.97. The summed E-state index contributed by atoms with van der Waals surface area (Å²) in [5.74, 6) is 0. The van der Waals surface area contributed by atoms with Crippen molar-refractivity contribution < 1.29 is 0 Å². The van der Waals surface area contributed by atoms with Gasteiger partial charge in [-0.15, -0.1) is 11.3 Å². The highest BCUT2D eigenvalue weighted by atomic mass is 32.2. The van der Waals surface area contributed by atoms with Gasteiger partial charge in [-0.1, -0.05) is 30.0 Å². The van der Waals surface area contributed by atoms with Crippen LogP contribution in [0.5, 0.6) is 0 Å². The minimum absolute atomic E-state index is 1.03. The van der Waals surface area contributed by atoms with E-state index in [1.807, 2.05) is 6.07 Å². The molecule has 5 heteroatoms. The molecule has 3 aromatic heterocycles. The van der Waals surface area contributed by atoms with E-state index in [0.29, 0.717) is 0 Å². The average molecular weight is 311 g/mol. The maximum absolute atomic E-state index is 4.51. The monoisotopic (exact) mass is 311 g/mol. The van der Waals surface area contributed by atoms with E-state index in [1.54, 1.807) is 29.4 Å². The van der Waals surface area contributed by atoms with Crippen molar-refractivity contribution in [3.63, 3.8) is 0 Å². The molecule has 21 heavy (non-hydrogen) atoms. The van der Waals surface area contributed by atoms with Crippen LogP contribution in [-0.2, 0) is 0 Å². The van der Waals surface area contributed by atoms with Gasteiger partial charge in [0.1, 0.15) is 16.2 Å². The molecule has 1 aromatic carbocycles. The quantitative estimate of drug-likeness (QED) is 0.533. The Balaban J connectivity index is 1.88.